The molecule has 3 heteroatoms. The molecule has 0 aromatic carbocycles. The number of carbonyl (C=O) groups excluding carboxylic acids is 1. The average Bonchev–Trinajstić information content (AvgIpc) is 2.31. The molecule has 17 heavy (non-hydrogen) atoms. The highest BCUT2D eigenvalue weighted by molar-refractivity contribution is 5.69. The third kappa shape index (κ3) is 11.7. The Hall–Kier alpha value is -0.570. The average molecular weight is 243 g/mol. The number of ether oxygens (including phenoxy) is 1. The summed E-state index contributed by atoms with van der Waals surface area (Å²) in [6, 6.07) is 0. The molecular formula is C14H29NO2. The predicted octanol–water partition coefficient (Wildman–Crippen LogP) is 3.27. The molecule has 0 fully saturated rings. The maximum atomic E-state index is 11.4. The van der Waals surface area contributed by atoms with Crippen molar-refractivity contribution in [2.45, 2.75) is 65.2 Å². The molecule has 0 aromatic rings. The molecule has 102 valence electrons. The minimum Gasteiger partial charge on any atom is -0.466 e. The Morgan fingerprint density at radius 2 is 1.88 bits per heavy atom. The number of rotatable bonds is 11. The van der Waals surface area contributed by atoms with Crippen LogP contribution in [-0.4, -0.2) is 19.1 Å². The van der Waals surface area contributed by atoms with E-state index in [9.17, 15) is 4.79 Å². The van der Waals surface area contributed by atoms with Gasteiger partial charge >= 0.3 is 5.97 Å². The molecule has 0 heterocycles. The summed E-state index contributed by atoms with van der Waals surface area (Å²) in [6.07, 6.45) is 8.38. The van der Waals surface area contributed by atoms with E-state index in [0.29, 0.717) is 25.5 Å². The Bertz CT molecular complexity index is 183. The van der Waals surface area contributed by atoms with E-state index >= 15 is 0 Å². The third-order valence-corrected chi connectivity index (χ3v) is 3.01. The van der Waals surface area contributed by atoms with Gasteiger partial charge in [-0.25, -0.2) is 0 Å². The molecule has 1 atom stereocenters. The van der Waals surface area contributed by atoms with Gasteiger partial charge in [-0.3, -0.25) is 4.79 Å². The lowest BCUT2D eigenvalue weighted by atomic mass is 10.0. The van der Waals surface area contributed by atoms with Gasteiger partial charge in [-0.05, 0) is 31.7 Å². The van der Waals surface area contributed by atoms with Crippen LogP contribution in [-0.2, 0) is 9.53 Å². The zero-order chi connectivity index (χ0) is 12.9. The van der Waals surface area contributed by atoms with Crippen molar-refractivity contribution in [2.75, 3.05) is 13.2 Å². The van der Waals surface area contributed by atoms with E-state index in [-0.39, 0.29) is 5.97 Å². The standard InChI is InChI=1S/C14H29NO2/c1-3-4-5-6-7-12-17-14(16)9-8-13(2)10-11-15/h13H,3-12,15H2,1-2H3. The molecular weight excluding hydrogens is 214 g/mol. The van der Waals surface area contributed by atoms with Crippen molar-refractivity contribution in [1.29, 1.82) is 0 Å². The summed E-state index contributed by atoms with van der Waals surface area (Å²) in [5, 5.41) is 0. The molecule has 2 N–H and O–H groups in total. The van der Waals surface area contributed by atoms with E-state index in [4.69, 9.17) is 10.5 Å². The molecule has 0 aliphatic carbocycles. The van der Waals surface area contributed by atoms with Crippen molar-refractivity contribution in [3.8, 4) is 0 Å². The molecule has 0 amide bonds. The van der Waals surface area contributed by atoms with Crippen LogP contribution in [0, 0.1) is 5.92 Å². The second-order valence-corrected chi connectivity index (χ2v) is 4.86. The summed E-state index contributed by atoms with van der Waals surface area (Å²) in [6.45, 7) is 5.62. The van der Waals surface area contributed by atoms with E-state index in [1.807, 2.05) is 0 Å². The fourth-order valence-electron chi connectivity index (χ4n) is 1.76. The van der Waals surface area contributed by atoms with Crippen LogP contribution in [0.25, 0.3) is 0 Å². The Balaban J connectivity index is 3.28. The lowest BCUT2D eigenvalue weighted by molar-refractivity contribution is -0.144. The smallest absolute Gasteiger partial charge is 0.305 e. The van der Waals surface area contributed by atoms with Gasteiger partial charge in [-0.15, -0.1) is 0 Å². The Kier molecular flexibility index (Phi) is 11.5. The lowest BCUT2D eigenvalue weighted by Crippen LogP contribution is -2.10. The van der Waals surface area contributed by atoms with Gasteiger partial charge in [0.05, 0.1) is 6.61 Å². The van der Waals surface area contributed by atoms with Crippen LogP contribution in [0.15, 0.2) is 0 Å². The zero-order valence-corrected chi connectivity index (χ0v) is 11.5. The Morgan fingerprint density at radius 3 is 2.53 bits per heavy atom. The van der Waals surface area contributed by atoms with Crippen molar-refractivity contribution >= 4 is 5.97 Å². The van der Waals surface area contributed by atoms with Gasteiger partial charge < -0.3 is 10.5 Å². The fraction of sp³-hybridized carbons (Fsp3) is 0.929. The highest BCUT2D eigenvalue weighted by Crippen LogP contribution is 2.10. The van der Waals surface area contributed by atoms with E-state index in [1.165, 1.54) is 25.7 Å². The van der Waals surface area contributed by atoms with Gasteiger partial charge in [-0.1, -0.05) is 39.5 Å². The number of esters is 1. The molecule has 0 aliphatic heterocycles. The maximum Gasteiger partial charge on any atom is 0.305 e. The Labute approximate surface area is 106 Å². The van der Waals surface area contributed by atoms with Crippen LogP contribution in [0.1, 0.15) is 65.2 Å². The van der Waals surface area contributed by atoms with Gasteiger partial charge in [0.25, 0.3) is 0 Å². The van der Waals surface area contributed by atoms with E-state index in [2.05, 4.69) is 13.8 Å². The van der Waals surface area contributed by atoms with Gasteiger partial charge in [0.2, 0.25) is 0 Å². The maximum absolute atomic E-state index is 11.4. The van der Waals surface area contributed by atoms with E-state index in [1.54, 1.807) is 0 Å². The van der Waals surface area contributed by atoms with Crippen LogP contribution >= 0.6 is 0 Å². The van der Waals surface area contributed by atoms with Crippen LogP contribution in [0.3, 0.4) is 0 Å². The summed E-state index contributed by atoms with van der Waals surface area (Å²) in [4.78, 5) is 11.4. The van der Waals surface area contributed by atoms with Crippen LogP contribution < -0.4 is 5.73 Å². The molecule has 0 aliphatic rings. The molecule has 0 spiro atoms. The first-order chi connectivity index (χ1) is 8.20. The van der Waals surface area contributed by atoms with Crippen molar-refractivity contribution in [2.24, 2.45) is 11.7 Å². The van der Waals surface area contributed by atoms with Crippen LogP contribution in [0.2, 0.25) is 0 Å². The molecule has 1 unspecified atom stereocenters. The predicted molar refractivity (Wildman–Crippen MR) is 71.8 cm³/mol. The van der Waals surface area contributed by atoms with Gasteiger partial charge in [0, 0.05) is 6.42 Å². The van der Waals surface area contributed by atoms with E-state index in [0.717, 1.165) is 19.3 Å². The number of hydrogen-bond acceptors (Lipinski definition) is 3. The number of carbonyl (C=O) groups is 1. The van der Waals surface area contributed by atoms with Crippen LogP contribution in [0.5, 0.6) is 0 Å². The molecule has 0 saturated heterocycles. The number of hydrogen-bond donors (Lipinski definition) is 1. The Morgan fingerprint density at radius 1 is 1.18 bits per heavy atom. The fourth-order valence-corrected chi connectivity index (χ4v) is 1.76. The molecule has 3 nitrogen and oxygen atoms in total. The minimum atomic E-state index is -0.0515. The van der Waals surface area contributed by atoms with Crippen LogP contribution in [0.4, 0.5) is 0 Å². The summed E-state index contributed by atoms with van der Waals surface area (Å²) >= 11 is 0. The highest BCUT2D eigenvalue weighted by atomic mass is 16.5. The van der Waals surface area contributed by atoms with Gasteiger partial charge in [0.1, 0.15) is 0 Å². The first-order valence-corrected chi connectivity index (χ1v) is 7.06. The first-order valence-electron chi connectivity index (χ1n) is 7.06. The quantitative estimate of drug-likeness (QED) is 0.447. The second-order valence-electron chi connectivity index (χ2n) is 4.86. The number of unbranched alkanes of at least 4 members (excludes halogenated alkanes) is 4. The van der Waals surface area contributed by atoms with Crippen molar-refractivity contribution in [1.82, 2.24) is 0 Å². The largest absolute Gasteiger partial charge is 0.466 e. The molecule has 0 aromatic heterocycles. The minimum absolute atomic E-state index is 0.0515. The summed E-state index contributed by atoms with van der Waals surface area (Å²) in [5.74, 6) is 0.474. The highest BCUT2D eigenvalue weighted by Gasteiger charge is 2.06. The monoisotopic (exact) mass is 243 g/mol. The zero-order valence-electron chi connectivity index (χ0n) is 11.5. The van der Waals surface area contributed by atoms with E-state index < -0.39 is 0 Å². The summed E-state index contributed by atoms with van der Waals surface area (Å²) < 4.78 is 5.18. The van der Waals surface area contributed by atoms with Gasteiger partial charge in [-0.2, -0.15) is 0 Å². The van der Waals surface area contributed by atoms with Crippen molar-refractivity contribution in [3.63, 3.8) is 0 Å². The summed E-state index contributed by atoms with van der Waals surface area (Å²) in [7, 11) is 0. The SMILES string of the molecule is CCCCCCCOC(=O)CCC(C)CCN. The molecule has 0 rings (SSSR count). The molecule has 0 radical (unpaired) electrons. The third-order valence-electron chi connectivity index (χ3n) is 3.01. The molecule has 0 bridgehead atoms. The lowest BCUT2D eigenvalue weighted by Gasteiger charge is -2.09. The van der Waals surface area contributed by atoms with Gasteiger partial charge in [0.15, 0.2) is 0 Å². The normalized spacial score (nSPS) is 12.4. The second kappa shape index (κ2) is 11.9. The topological polar surface area (TPSA) is 52.3 Å². The van der Waals surface area contributed by atoms with Crippen molar-refractivity contribution in [3.05, 3.63) is 0 Å². The molecule has 0 saturated carbocycles. The summed E-state index contributed by atoms with van der Waals surface area (Å²) in [5.41, 5.74) is 5.46. The first kappa shape index (κ1) is 16.4. The van der Waals surface area contributed by atoms with Crippen molar-refractivity contribution < 1.29 is 9.53 Å². The number of nitrogens with two attached hydrogens (primary N) is 1.